The molecule has 0 heterocycles. The van der Waals surface area contributed by atoms with Crippen molar-refractivity contribution in [1.29, 1.82) is 0 Å². The highest BCUT2D eigenvalue weighted by Crippen LogP contribution is 2.29. The molecule has 0 aliphatic carbocycles. The Bertz CT molecular complexity index is 682. The molecule has 0 bridgehead atoms. The van der Waals surface area contributed by atoms with Crippen LogP contribution in [0, 0.1) is 0 Å². The molecule has 2 aromatic carbocycles. The number of alkyl halides is 2. The third kappa shape index (κ3) is 8.33. The zero-order valence-corrected chi connectivity index (χ0v) is 18.5. The van der Waals surface area contributed by atoms with Crippen LogP contribution in [0.15, 0.2) is 36.4 Å². The second-order valence-electron chi connectivity index (χ2n) is 5.38. The van der Waals surface area contributed by atoms with E-state index < -0.39 is 11.1 Å². The van der Waals surface area contributed by atoms with Crippen LogP contribution in [-0.4, -0.2) is 24.3 Å². The predicted octanol–water partition coefficient (Wildman–Crippen LogP) is 7.68. The number of hydrogen-bond acceptors (Lipinski definition) is 3. The van der Waals surface area contributed by atoms with Gasteiger partial charge in [-0.1, -0.05) is 69.6 Å². The molecule has 0 radical (unpaired) electrons. The maximum Gasteiger partial charge on any atom is 0.137 e. The van der Waals surface area contributed by atoms with Crippen molar-refractivity contribution < 1.29 is 14.2 Å². The molecule has 0 saturated carbocycles. The number of halogens is 6. The molecule has 3 nitrogen and oxygen atoms in total. The maximum absolute atomic E-state index is 6.13. The van der Waals surface area contributed by atoms with Gasteiger partial charge in [0.05, 0.1) is 23.3 Å². The van der Waals surface area contributed by atoms with Crippen molar-refractivity contribution in [1.82, 2.24) is 0 Å². The Morgan fingerprint density at radius 2 is 1.07 bits per heavy atom. The molecule has 148 valence electrons. The van der Waals surface area contributed by atoms with Gasteiger partial charge >= 0.3 is 0 Å². The van der Waals surface area contributed by atoms with Crippen LogP contribution in [0.5, 0.6) is 11.5 Å². The Labute approximate surface area is 188 Å². The lowest BCUT2D eigenvalue weighted by molar-refractivity contribution is 0.0558. The molecule has 0 spiro atoms. The van der Waals surface area contributed by atoms with Crippen LogP contribution in [-0.2, 0) is 4.74 Å². The van der Waals surface area contributed by atoms with E-state index in [0.717, 1.165) is 0 Å². The second kappa shape index (κ2) is 11.7. The van der Waals surface area contributed by atoms with Crippen LogP contribution in [0.4, 0.5) is 0 Å². The summed E-state index contributed by atoms with van der Waals surface area (Å²) in [5.74, 6) is 1.06. The first-order chi connectivity index (χ1) is 12.8. The third-order valence-electron chi connectivity index (χ3n) is 3.29. The van der Waals surface area contributed by atoms with Gasteiger partial charge in [0.25, 0.3) is 0 Å². The molecular weight excluding hydrogens is 477 g/mol. The smallest absolute Gasteiger partial charge is 0.137 e. The summed E-state index contributed by atoms with van der Waals surface area (Å²) < 4.78 is 16.6. The van der Waals surface area contributed by atoms with Gasteiger partial charge in [0.2, 0.25) is 0 Å². The van der Waals surface area contributed by atoms with Gasteiger partial charge in [0.1, 0.15) is 22.6 Å². The van der Waals surface area contributed by atoms with Gasteiger partial charge < -0.3 is 14.2 Å². The minimum absolute atomic E-state index is 0.315. The summed E-state index contributed by atoms with van der Waals surface area (Å²) in [6, 6.07) is 9.98. The van der Waals surface area contributed by atoms with Gasteiger partial charge in [-0.3, -0.25) is 0 Å². The Morgan fingerprint density at radius 3 is 1.44 bits per heavy atom. The van der Waals surface area contributed by atoms with Crippen molar-refractivity contribution in [2.45, 2.75) is 24.0 Å². The maximum atomic E-state index is 6.13. The van der Waals surface area contributed by atoms with Crippen molar-refractivity contribution in [2.75, 3.05) is 13.2 Å². The van der Waals surface area contributed by atoms with Gasteiger partial charge in [-0.25, -0.2) is 0 Å². The van der Waals surface area contributed by atoms with Gasteiger partial charge in [-0.2, -0.15) is 0 Å². The average molecular weight is 493 g/mol. The van der Waals surface area contributed by atoms with Crippen molar-refractivity contribution in [3.8, 4) is 11.5 Å². The summed E-state index contributed by atoms with van der Waals surface area (Å²) in [6.45, 7) is 0.631. The van der Waals surface area contributed by atoms with Gasteiger partial charge in [-0.05, 0) is 36.4 Å². The topological polar surface area (TPSA) is 27.7 Å². The SMILES string of the molecule is Clc1ccc(OCCC(Cl)OC(Cl)CCOc2ccc(Cl)cc2Cl)c(Cl)c1. The first kappa shape index (κ1) is 23.0. The molecule has 2 aromatic rings. The van der Waals surface area contributed by atoms with E-state index in [-0.39, 0.29) is 0 Å². The summed E-state index contributed by atoms with van der Waals surface area (Å²) in [5, 5.41) is 1.95. The molecule has 2 unspecified atom stereocenters. The fourth-order valence-electron chi connectivity index (χ4n) is 2.00. The van der Waals surface area contributed by atoms with Crippen LogP contribution in [0.1, 0.15) is 12.8 Å². The minimum atomic E-state index is -0.613. The van der Waals surface area contributed by atoms with E-state index in [1.165, 1.54) is 0 Å². The highest BCUT2D eigenvalue weighted by atomic mass is 35.5. The number of ether oxygens (including phenoxy) is 3. The van der Waals surface area contributed by atoms with Gasteiger partial charge in [-0.15, -0.1) is 0 Å². The Balaban J connectivity index is 1.65. The Kier molecular flexibility index (Phi) is 9.95. The molecular formula is C18H16Cl6O3. The van der Waals surface area contributed by atoms with Crippen LogP contribution in [0.3, 0.4) is 0 Å². The quantitative estimate of drug-likeness (QED) is 0.318. The number of rotatable bonds is 10. The third-order valence-corrected chi connectivity index (χ3v) is 4.99. The predicted molar refractivity (Wildman–Crippen MR) is 114 cm³/mol. The Morgan fingerprint density at radius 1 is 0.667 bits per heavy atom. The number of hydrogen-bond donors (Lipinski definition) is 0. The first-order valence-electron chi connectivity index (χ1n) is 7.94. The molecule has 0 aliphatic rings. The molecule has 27 heavy (non-hydrogen) atoms. The molecule has 0 N–H and O–H groups in total. The zero-order valence-electron chi connectivity index (χ0n) is 13.9. The summed E-state index contributed by atoms with van der Waals surface area (Å²) in [4.78, 5) is 0. The van der Waals surface area contributed by atoms with Crippen LogP contribution in [0.2, 0.25) is 20.1 Å². The van der Waals surface area contributed by atoms with E-state index in [1.54, 1.807) is 36.4 Å². The Hall–Kier alpha value is -0.260. The standard InChI is InChI=1S/C18H16Cl6O3/c19-11-1-3-15(13(21)9-11)25-7-5-17(23)27-18(24)6-8-26-16-4-2-12(20)10-14(16)22/h1-4,9-10,17-18H,5-8H2. The highest BCUT2D eigenvalue weighted by molar-refractivity contribution is 6.36. The van der Waals surface area contributed by atoms with Crippen molar-refractivity contribution in [2.24, 2.45) is 0 Å². The number of benzene rings is 2. The molecule has 0 aliphatic heterocycles. The van der Waals surface area contributed by atoms with Gasteiger partial charge in [0.15, 0.2) is 0 Å². The summed E-state index contributed by atoms with van der Waals surface area (Å²) >= 11 is 36.0. The van der Waals surface area contributed by atoms with E-state index in [9.17, 15) is 0 Å². The van der Waals surface area contributed by atoms with E-state index >= 15 is 0 Å². The summed E-state index contributed by atoms with van der Waals surface area (Å²) in [7, 11) is 0. The van der Waals surface area contributed by atoms with E-state index in [1.807, 2.05) is 0 Å². The molecule has 0 saturated heterocycles. The van der Waals surface area contributed by atoms with Crippen LogP contribution in [0.25, 0.3) is 0 Å². The molecule has 9 heteroatoms. The lowest BCUT2D eigenvalue weighted by Gasteiger charge is -2.17. The highest BCUT2D eigenvalue weighted by Gasteiger charge is 2.14. The lowest BCUT2D eigenvalue weighted by atomic mass is 10.3. The first-order valence-corrected chi connectivity index (χ1v) is 10.3. The summed E-state index contributed by atoms with van der Waals surface area (Å²) in [6.07, 6.45) is 0.848. The zero-order chi connectivity index (χ0) is 19.8. The van der Waals surface area contributed by atoms with Crippen LogP contribution >= 0.6 is 69.6 Å². The molecule has 0 aromatic heterocycles. The fraction of sp³-hybridized carbons (Fsp3) is 0.333. The molecule has 2 atom stereocenters. The fourth-order valence-corrected chi connectivity index (χ4v) is 3.41. The van der Waals surface area contributed by atoms with E-state index in [0.29, 0.717) is 57.6 Å². The minimum Gasteiger partial charge on any atom is -0.492 e. The van der Waals surface area contributed by atoms with Crippen molar-refractivity contribution >= 4 is 69.6 Å². The van der Waals surface area contributed by atoms with E-state index in [2.05, 4.69) is 0 Å². The van der Waals surface area contributed by atoms with E-state index in [4.69, 9.17) is 83.8 Å². The van der Waals surface area contributed by atoms with Crippen molar-refractivity contribution in [3.63, 3.8) is 0 Å². The summed E-state index contributed by atoms with van der Waals surface area (Å²) in [5.41, 5.74) is -1.23. The molecule has 0 amide bonds. The average Bonchev–Trinajstić information content (AvgIpc) is 2.58. The molecule has 2 rings (SSSR count). The normalized spacial score (nSPS) is 13.3. The van der Waals surface area contributed by atoms with Crippen LogP contribution < -0.4 is 9.47 Å². The van der Waals surface area contributed by atoms with Crippen molar-refractivity contribution in [3.05, 3.63) is 56.5 Å². The molecule has 0 fully saturated rings. The largest absolute Gasteiger partial charge is 0.492 e. The second-order valence-corrected chi connectivity index (χ2v) is 8.04. The monoisotopic (exact) mass is 490 g/mol. The lowest BCUT2D eigenvalue weighted by Crippen LogP contribution is -2.18. The van der Waals surface area contributed by atoms with Gasteiger partial charge in [0, 0.05) is 22.9 Å².